The number of ether oxygens (including phenoxy) is 2. The van der Waals surface area contributed by atoms with Crippen LogP contribution in [0, 0.1) is 5.92 Å². The predicted octanol–water partition coefficient (Wildman–Crippen LogP) is 4.61. The lowest BCUT2D eigenvalue weighted by molar-refractivity contribution is -0.122. The summed E-state index contributed by atoms with van der Waals surface area (Å²) in [5.41, 5.74) is 1.11. The molecule has 1 amide bonds. The van der Waals surface area contributed by atoms with Crippen molar-refractivity contribution in [2.45, 2.75) is 70.8 Å². The largest absolute Gasteiger partial charge is 0.493 e. The van der Waals surface area contributed by atoms with Gasteiger partial charge >= 0.3 is 0 Å². The number of benzene rings is 1. The third-order valence-corrected chi connectivity index (χ3v) is 6.36. The summed E-state index contributed by atoms with van der Waals surface area (Å²) in [6.45, 7) is 6.30. The van der Waals surface area contributed by atoms with E-state index in [2.05, 4.69) is 17.1 Å². The van der Waals surface area contributed by atoms with E-state index in [1.807, 2.05) is 18.2 Å². The molecule has 0 unspecified atom stereocenters. The van der Waals surface area contributed by atoms with Crippen molar-refractivity contribution < 1.29 is 14.3 Å². The van der Waals surface area contributed by atoms with E-state index in [1.165, 1.54) is 45.2 Å². The Morgan fingerprint density at radius 2 is 1.83 bits per heavy atom. The number of likely N-dealkylation sites (tertiary alicyclic amines) is 1. The summed E-state index contributed by atoms with van der Waals surface area (Å²) in [4.78, 5) is 14.8. The van der Waals surface area contributed by atoms with Crippen LogP contribution in [0.15, 0.2) is 18.2 Å². The summed E-state index contributed by atoms with van der Waals surface area (Å²) >= 11 is 0. The number of amides is 1. The number of carbonyl (C=O) groups excluding carboxylic acids is 1. The fraction of sp³-hybridized carbons (Fsp3) is 0.708. The Labute approximate surface area is 188 Å². The van der Waals surface area contributed by atoms with Crippen molar-refractivity contribution in [3.63, 3.8) is 0 Å². The SMILES string of the molecule is COc1cc(CCC(=O)NC2CCC(C)CC2)ccc1OCCN1CCCCC1.Cl. The molecular weight excluding hydrogens is 400 g/mol. The van der Waals surface area contributed by atoms with Gasteiger partial charge in [0, 0.05) is 19.0 Å². The van der Waals surface area contributed by atoms with Crippen LogP contribution in [0.3, 0.4) is 0 Å². The van der Waals surface area contributed by atoms with E-state index in [0.29, 0.717) is 19.1 Å². The third kappa shape index (κ3) is 7.99. The Bertz CT molecular complexity index is 641. The van der Waals surface area contributed by atoms with Crippen LogP contribution < -0.4 is 14.8 Å². The van der Waals surface area contributed by atoms with E-state index in [9.17, 15) is 4.79 Å². The summed E-state index contributed by atoms with van der Waals surface area (Å²) in [5, 5.41) is 3.21. The number of hydrogen-bond acceptors (Lipinski definition) is 4. The van der Waals surface area contributed by atoms with Crippen LogP contribution >= 0.6 is 12.4 Å². The molecule has 0 bridgehead atoms. The summed E-state index contributed by atoms with van der Waals surface area (Å²) in [5.74, 6) is 2.50. The first-order valence-corrected chi connectivity index (χ1v) is 11.5. The zero-order valence-corrected chi connectivity index (χ0v) is 19.5. The van der Waals surface area contributed by atoms with Gasteiger partial charge < -0.3 is 14.8 Å². The first kappa shape index (κ1) is 24.8. The zero-order chi connectivity index (χ0) is 20.5. The number of carbonyl (C=O) groups is 1. The van der Waals surface area contributed by atoms with Crippen LogP contribution in [-0.2, 0) is 11.2 Å². The van der Waals surface area contributed by atoms with Crippen LogP contribution in [0.1, 0.15) is 63.9 Å². The van der Waals surface area contributed by atoms with Crippen molar-refractivity contribution in [1.29, 1.82) is 0 Å². The van der Waals surface area contributed by atoms with E-state index < -0.39 is 0 Å². The van der Waals surface area contributed by atoms with E-state index in [1.54, 1.807) is 7.11 Å². The first-order valence-electron chi connectivity index (χ1n) is 11.5. The normalized spacial score (nSPS) is 22.1. The summed E-state index contributed by atoms with van der Waals surface area (Å²) in [6, 6.07) is 6.40. The number of methoxy groups -OCH3 is 1. The van der Waals surface area contributed by atoms with Gasteiger partial charge in [-0.25, -0.2) is 0 Å². The van der Waals surface area contributed by atoms with Gasteiger partial charge in [0.05, 0.1) is 7.11 Å². The molecule has 1 heterocycles. The second kappa shape index (κ2) is 13.1. The molecule has 3 rings (SSSR count). The summed E-state index contributed by atoms with van der Waals surface area (Å²) in [7, 11) is 1.67. The Morgan fingerprint density at radius 3 is 2.53 bits per heavy atom. The highest BCUT2D eigenvalue weighted by Crippen LogP contribution is 2.29. The molecule has 6 heteroatoms. The maximum atomic E-state index is 12.3. The van der Waals surface area contributed by atoms with Crippen molar-refractivity contribution in [3.8, 4) is 11.5 Å². The molecule has 0 spiro atoms. The molecule has 0 atom stereocenters. The van der Waals surface area contributed by atoms with Gasteiger partial charge in [0.25, 0.3) is 0 Å². The van der Waals surface area contributed by atoms with Crippen molar-refractivity contribution in [2.75, 3.05) is 33.4 Å². The molecular formula is C24H39ClN2O3. The minimum absolute atomic E-state index is 0. The molecule has 0 aromatic heterocycles. The maximum absolute atomic E-state index is 12.3. The minimum Gasteiger partial charge on any atom is -0.493 e. The van der Waals surface area contributed by atoms with Gasteiger partial charge in [-0.05, 0) is 81.6 Å². The van der Waals surface area contributed by atoms with Crippen molar-refractivity contribution >= 4 is 18.3 Å². The minimum atomic E-state index is 0. The summed E-state index contributed by atoms with van der Waals surface area (Å²) in [6.07, 6.45) is 9.86. The van der Waals surface area contributed by atoms with Gasteiger partial charge in [-0.2, -0.15) is 0 Å². The Balaban J connectivity index is 0.00000320. The molecule has 2 fully saturated rings. The van der Waals surface area contributed by atoms with Crippen LogP contribution in [0.4, 0.5) is 0 Å². The van der Waals surface area contributed by atoms with Crippen LogP contribution in [0.5, 0.6) is 11.5 Å². The van der Waals surface area contributed by atoms with Gasteiger partial charge in [0.15, 0.2) is 11.5 Å². The zero-order valence-electron chi connectivity index (χ0n) is 18.7. The maximum Gasteiger partial charge on any atom is 0.220 e. The van der Waals surface area contributed by atoms with E-state index in [-0.39, 0.29) is 18.3 Å². The number of hydrogen-bond donors (Lipinski definition) is 1. The van der Waals surface area contributed by atoms with Crippen LogP contribution in [0.25, 0.3) is 0 Å². The number of rotatable bonds is 9. The number of nitrogens with one attached hydrogen (secondary N) is 1. The molecule has 1 N–H and O–H groups in total. The predicted molar refractivity (Wildman–Crippen MR) is 124 cm³/mol. The first-order chi connectivity index (χ1) is 14.1. The molecule has 170 valence electrons. The highest BCUT2D eigenvalue weighted by atomic mass is 35.5. The van der Waals surface area contributed by atoms with Gasteiger partial charge in [0.2, 0.25) is 5.91 Å². The second-order valence-electron chi connectivity index (χ2n) is 8.76. The number of nitrogens with zero attached hydrogens (tertiary/aromatic N) is 1. The summed E-state index contributed by atoms with van der Waals surface area (Å²) < 4.78 is 11.5. The van der Waals surface area contributed by atoms with Gasteiger partial charge in [-0.3, -0.25) is 9.69 Å². The molecule has 1 saturated heterocycles. The fourth-order valence-electron chi connectivity index (χ4n) is 4.42. The van der Waals surface area contributed by atoms with Crippen molar-refractivity contribution in [1.82, 2.24) is 10.2 Å². The molecule has 1 aromatic rings. The highest BCUT2D eigenvalue weighted by Gasteiger charge is 2.19. The van der Waals surface area contributed by atoms with Crippen LogP contribution in [-0.4, -0.2) is 50.2 Å². The second-order valence-corrected chi connectivity index (χ2v) is 8.76. The van der Waals surface area contributed by atoms with Crippen molar-refractivity contribution in [3.05, 3.63) is 23.8 Å². The number of aryl methyl sites for hydroxylation is 1. The molecule has 5 nitrogen and oxygen atoms in total. The average Bonchev–Trinajstić information content (AvgIpc) is 2.75. The van der Waals surface area contributed by atoms with Crippen LogP contribution in [0.2, 0.25) is 0 Å². The van der Waals surface area contributed by atoms with Crippen molar-refractivity contribution in [2.24, 2.45) is 5.92 Å². The van der Waals surface area contributed by atoms with E-state index >= 15 is 0 Å². The average molecular weight is 439 g/mol. The molecule has 30 heavy (non-hydrogen) atoms. The lowest BCUT2D eigenvalue weighted by Gasteiger charge is -2.27. The number of piperidine rings is 1. The quantitative estimate of drug-likeness (QED) is 0.611. The molecule has 1 aliphatic heterocycles. The Morgan fingerprint density at radius 1 is 1.10 bits per heavy atom. The highest BCUT2D eigenvalue weighted by molar-refractivity contribution is 5.85. The van der Waals surface area contributed by atoms with E-state index in [4.69, 9.17) is 9.47 Å². The fourth-order valence-corrected chi connectivity index (χ4v) is 4.42. The van der Waals surface area contributed by atoms with Gasteiger partial charge in [0.1, 0.15) is 6.61 Å². The molecule has 1 saturated carbocycles. The molecule has 1 aromatic carbocycles. The lowest BCUT2D eigenvalue weighted by Crippen LogP contribution is -2.37. The Hall–Kier alpha value is -1.46. The smallest absolute Gasteiger partial charge is 0.220 e. The molecule has 1 aliphatic carbocycles. The third-order valence-electron chi connectivity index (χ3n) is 6.36. The standard InChI is InChI=1S/C24H38N2O3.ClH/c1-19-6-10-21(11-7-19)25-24(27)13-9-20-8-12-22(23(18-20)28-2)29-17-16-26-14-4-3-5-15-26;/h8,12,18-19,21H,3-7,9-11,13-17H2,1-2H3,(H,25,27);1H. The monoisotopic (exact) mass is 438 g/mol. The molecule has 0 radical (unpaired) electrons. The lowest BCUT2D eigenvalue weighted by atomic mass is 9.87. The van der Waals surface area contributed by atoms with Gasteiger partial charge in [-0.1, -0.05) is 19.4 Å². The van der Waals surface area contributed by atoms with E-state index in [0.717, 1.165) is 48.8 Å². The molecule has 2 aliphatic rings. The Kier molecular flexibility index (Phi) is 10.8. The topological polar surface area (TPSA) is 50.8 Å². The number of halogens is 1. The van der Waals surface area contributed by atoms with Gasteiger partial charge in [-0.15, -0.1) is 12.4 Å².